The SMILES string of the molecule is Cc1ccc(NC(=O)CN2C(=O)NC(C)(c3ccc(F)cc3)C2=O)c(F)c1. The lowest BCUT2D eigenvalue weighted by Crippen LogP contribution is -2.42. The zero-order valence-corrected chi connectivity index (χ0v) is 14.7. The fourth-order valence-corrected chi connectivity index (χ4v) is 2.87. The number of hydrogen-bond donors (Lipinski definition) is 2. The highest BCUT2D eigenvalue weighted by atomic mass is 19.1. The predicted octanol–water partition coefficient (Wildman–Crippen LogP) is 2.68. The molecule has 1 saturated heterocycles. The molecule has 6 nitrogen and oxygen atoms in total. The third-order valence-corrected chi connectivity index (χ3v) is 4.40. The van der Waals surface area contributed by atoms with Gasteiger partial charge in [-0.05, 0) is 49.2 Å². The summed E-state index contributed by atoms with van der Waals surface area (Å²) in [5.74, 6) is -2.46. The van der Waals surface area contributed by atoms with E-state index in [1.54, 1.807) is 13.0 Å². The highest BCUT2D eigenvalue weighted by Gasteiger charge is 2.49. The Balaban J connectivity index is 1.75. The second kappa shape index (κ2) is 6.79. The van der Waals surface area contributed by atoms with E-state index < -0.39 is 41.6 Å². The van der Waals surface area contributed by atoms with Gasteiger partial charge in [0.2, 0.25) is 5.91 Å². The molecule has 27 heavy (non-hydrogen) atoms. The number of imide groups is 1. The number of aryl methyl sites for hydroxylation is 1. The van der Waals surface area contributed by atoms with Crippen molar-refractivity contribution in [2.24, 2.45) is 0 Å². The molecule has 1 aliphatic heterocycles. The van der Waals surface area contributed by atoms with Gasteiger partial charge >= 0.3 is 6.03 Å². The molecule has 1 fully saturated rings. The van der Waals surface area contributed by atoms with Crippen LogP contribution in [0.2, 0.25) is 0 Å². The molecule has 1 aliphatic rings. The molecule has 1 atom stereocenters. The highest BCUT2D eigenvalue weighted by Crippen LogP contribution is 2.29. The molecule has 0 radical (unpaired) electrons. The van der Waals surface area contributed by atoms with Crippen molar-refractivity contribution in [3.63, 3.8) is 0 Å². The van der Waals surface area contributed by atoms with Gasteiger partial charge < -0.3 is 10.6 Å². The summed E-state index contributed by atoms with van der Waals surface area (Å²) >= 11 is 0. The predicted molar refractivity (Wildman–Crippen MR) is 93.8 cm³/mol. The van der Waals surface area contributed by atoms with Crippen LogP contribution >= 0.6 is 0 Å². The normalized spacial score (nSPS) is 19.2. The Morgan fingerprint density at radius 1 is 1.15 bits per heavy atom. The van der Waals surface area contributed by atoms with E-state index in [0.717, 1.165) is 4.90 Å². The molecular formula is C19H17F2N3O3. The maximum Gasteiger partial charge on any atom is 0.325 e. The smallest absolute Gasteiger partial charge is 0.322 e. The first-order valence-electron chi connectivity index (χ1n) is 8.17. The number of urea groups is 1. The largest absolute Gasteiger partial charge is 0.325 e. The molecule has 0 aromatic heterocycles. The average molecular weight is 373 g/mol. The van der Waals surface area contributed by atoms with Crippen molar-refractivity contribution in [1.29, 1.82) is 0 Å². The van der Waals surface area contributed by atoms with Crippen molar-refractivity contribution in [3.8, 4) is 0 Å². The summed E-state index contributed by atoms with van der Waals surface area (Å²) in [6.07, 6.45) is 0. The van der Waals surface area contributed by atoms with Crippen LogP contribution in [0.5, 0.6) is 0 Å². The van der Waals surface area contributed by atoms with E-state index in [2.05, 4.69) is 10.6 Å². The molecule has 0 spiro atoms. The van der Waals surface area contributed by atoms with E-state index in [0.29, 0.717) is 11.1 Å². The summed E-state index contributed by atoms with van der Waals surface area (Å²) < 4.78 is 27.0. The van der Waals surface area contributed by atoms with Crippen molar-refractivity contribution < 1.29 is 23.2 Å². The van der Waals surface area contributed by atoms with Gasteiger partial charge in [-0.15, -0.1) is 0 Å². The summed E-state index contributed by atoms with van der Waals surface area (Å²) in [6, 6.07) is 8.65. The number of anilines is 1. The fraction of sp³-hybridized carbons (Fsp3) is 0.211. The molecule has 0 saturated carbocycles. The van der Waals surface area contributed by atoms with Gasteiger partial charge in [-0.25, -0.2) is 13.6 Å². The van der Waals surface area contributed by atoms with Gasteiger partial charge in [0.15, 0.2) is 0 Å². The molecule has 1 heterocycles. The number of halogens is 2. The van der Waals surface area contributed by atoms with E-state index in [1.165, 1.54) is 43.3 Å². The molecule has 0 aliphatic carbocycles. The zero-order valence-electron chi connectivity index (χ0n) is 14.7. The van der Waals surface area contributed by atoms with Crippen LogP contribution in [-0.2, 0) is 15.1 Å². The molecule has 8 heteroatoms. The number of rotatable bonds is 4. The Bertz CT molecular complexity index is 930. The first-order chi connectivity index (χ1) is 12.7. The van der Waals surface area contributed by atoms with Gasteiger partial charge in [0.05, 0.1) is 5.69 Å². The van der Waals surface area contributed by atoms with Crippen molar-refractivity contribution in [2.45, 2.75) is 19.4 Å². The first-order valence-corrected chi connectivity index (χ1v) is 8.17. The lowest BCUT2D eigenvalue weighted by atomic mass is 9.92. The summed E-state index contributed by atoms with van der Waals surface area (Å²) in [5, 5.41) is 4.86. The maximum atomic E-state index is 13.8. The van der Waals surface area contributed by atoms with Gasteiger partial charge in [-0.3, -0.25) is 14.5 Å². The number of amides is 4. The molecular weight excluding hydrogens is 356 g/mol. The Hall–Kier alpha value is -3.29. The van der Waals surface area contributed by atoms with Crippen molar-refractivity contribution >= 4 is 23.5 Å². The molecule has 140 valence electrons. The van der Waals surface area contributed by atoms with Crippen LogP contribution in [0.3, 0.4) is 0 Å². The summed E-state index contributed by atoms with van der Waals surface area (Å²) in [4.78, 5) is 37.9. The van der Waals surface area contributed by atoms with Crippen molar-refractivity contribution in [3.05, 3.63) is 65.2 Å². The van der Waals surface area contributed by atoms with E-state index in [1.807, 2.05) is 0 Å². The third-order valence-electron chi connectivity index (χ3n) is 4.40. The van der Waals surface area contributed by atoms with Gasteiger partial charge in [0.1, 0.15) is 23.7 Å². The average Bonchev–Trinajstić information content (AvgIpc) is 2.82. The number of carbonyl (C=O) groups is 3. The number of hydrogen-bond acceptors (Lipinski definition) is 3. The van der Waals surface area contributed by atoms with Crippen LogP contribution in [0, 0.1) is 18.6 Å². The molecule has 2 aromatic carbocycles. The van der Waals surface area contributed by atoms with Gasteiger partial charge in [0, 0.05) is 0 Å². The summed E-state index contributed by atoms with van der Waals surface area (Å²) in [5.41, 5.74) is -0.386. The van der Waals surface area contributed by atoms with Crippen LogP contribution in [0.4, 0.5) is 19.3 Å². The van der Waals surface area contributed by atoms with E-state index in [4.69, 9.17) is 0 Å². The van der Waals surface area contributed by atoms with Crippen molar-refractivity contribution in [2.75, 3.05) is 11.9 Å². The molecule has 3 rings (SSSR count). The molecule has 2 N–H and O–H groups in total. The van der Waals surface area contributed by atoms with Gasteiger partial charge in [-0.2, -0.15) is 0 Å². The quantitative estimate of drug-likeness (QED) is 0.809. The topological polar surface area (TPSA) is 78.5 Å². The van der Waals surface area contributed by atoms with E-state index in [9.17, 15) is 23.2 Å². The van der Waals surface area contributed by atoms with E-state index in [-0.39, 0.29) is 5.69 Å². The third kappa shape index (κ3) is 3.51. The number of nitrogens with zero attached hydrogens (tertiary/aromatic N) is 1. The Labute approximate surface area is 154 Å². The second-order valence-corrected chi connectivity index (χ2v) is 6.48. The Kier molecular flexibility index (Phi) is 4.65. The molecule has 0 bridgehead atoms. The Morgan fingerprint density at radius 3 is 2.44 bits per heavy atom. The maximum absolute atomic E-state index is 13.8. The minimum absolute atomic E-state index is 0.0426. The van der Waals surface area contributed by atoms with Crippen LogP contribution in [0.1, 0.15) is 18.1 Å². The Morgan fingerprint density at radius 2 is 1.81 bits per heavy atom. The zero-order chi connectivity index (χ0) is 19.8. The molecule has 1 unspecified atom stereocenters. The molecule has 2 aromatic rings. The van der Waals surface area contributed by atoms with Crippen molar-refractivity contribution in [1.82, 2.24) is 10.2 Å². The molecule has 4 amide bonds. The van der Waals surface area contributed by atoms with Gasteiger partial charge in [0.25, 0.3) is 5.91 Å². The summed E-state index contributed by atoms with van der Waals surface area (Å²) in [6.45, 7) is 2.60. The first kappa shape index (κ1) is 18.5. The lowest BCUT2D eigenvalue weighted by Gasteiger charge is -2.22. The fourth-order valence-electron chi connectivity index (χ4n) is 2.87. The monoisotopic (exact) mass is 373 g/mol. The van der Waals surface area contributed by atoms with Crippen LogP contribution in [-0.4, -0.2) is 29.3 Å². The minimum atomic E-state index is -1.42. The highest BCUT2D eigenvalue weighted by molar-refractivity contribution is 6.10. The standard InChI is InChI=1S/C19H17F2N3O3/c1-11-3-8-15(14(21)9-11)22-16(25)10-24-17(26)19(2,23-18(24)27)12-4-6-13(20)7-5-12/h3-9H,10H2,1-2H3,(H,22,25)(H,23,27). The van der Waals surface area contributed by atoms with E-state index >= 15 is 0 Å². The number of nitrogens with one attached hydrogen (secondary N) is 2. The summed E-state index contributed by atoms with van der Waals surface area (Å²) in [7, 11) is 0. The minimum Gasteiger partial charge on any atom is -0.322 e. The lowest BCUT2D eigenvalue weighted by molar-refractivity contribution is -0.133. The van der Waals surface area contributed by atoms with Crippen LogP contribution < -0.4 is 10.6 Å². The number of carbonyl (C=O) groups excluding carboxylic acids is 3. The number of benzene rings is 2. The van der Waals surface area contributed by atoms with Crippen LogP contribution in [0.25, 0.3) is 0 Å². The van der Waals surface area contributed by atoms with Gasteiger partial charge in [-0.1, -0.05) is 18.2 Å². The van der Waals surface area contributed by atoms with Crippen LogP contribution in [0.15, 0.2) is 42.5 Å². The second-order valence-electron chi connectivity index (χ2n) is 6.48.